The molecule has 21 heavy (non-hydrogen) atoms. The molecule has 6 heteroatoms. The van der Waals surface area contributed by atoms with Crippen molar-refractivity contribution in [1.29, 1.82) is 0 Å². The molecule has 2 fully saturated rings. The van der Waals surface area contributed by atoms with Gasteiger partial charge in [-0.1, -0.05) is 6.07 Å². The second-order valence-corrected chi connectivity index (χ2v) is 5.59. The number of pyridine rings is 1. The van der Waals surface area contributed by atoms with Gasteiger partial charge in [0.2, 0.25) is 0 Å². The summed E-state index contributed by atoms with van der Waals surface area (Å²) in [5.74, 6) is 0. The maximum Gasteiger partial charge on any atom is 0.0715 e. The van der Waals surface area contributed by atoms with E-state index < -0.39 is 0 Å². The third-order valence-corrected chi connectivity index (χ3v) is 4.06. The molecule has 3 heterocycles. The van der Waals surface area contributed by atoms with Crippen molar-refractivity contribution in [3.63, 3.8) is 0 Å². The van der Waals surface area contributed by atoms with Gasteiger partial charge in [-0.2, -0.15) is 0 Å². The zero-order chi connectivity index (χ0) is 12.9. The molecule has 3 rings (SSSR count). The summed E-state index contributed by atoms with van der Waals surface area (Å²) in [6, 6.07) is 4.16. The number of halogens is 2. The minimum atomic E-state index is 0. The molecule has 0 saturated carbocycles. The molecule has 0 radical (unpaired) electrons. The molecule has 120 valence electrons. The van der Waals surface area contributed by atoms with Crippen LogP contribution in [-0.4, -0.2) is 48.3 Å². The number of nitrogens with zero attached hydrogens (tertiary/aromatic N) is 2. The molecule has 0 spiro atoms. The molecule has 1 aromatic rings. The topological polar surface area (TPSA) is 37.4 Å². The first kappa shape index (κ1) is 18.7. The molecule has 0 aliphatic carbocycles. The van der Waals surface area contributed by atoms with E-state index in [9.17, 15) is 0 Å². The van der Waals surface area contributed by atoms with Crippen molar-refractivity contribution < 1.29 is 4.74 Å². The van der Waals surface area contributed by atoms with Crippen LogP contribution in [-0.2, 0) is 11.3 Å². The van der Waals surface area contributed by atoms with Crippen LogP contribution in [0.4, 0.5) is 0 Å². The first-order valence-corrected chi connectivity index (χ1v) is 7.37. The Morgan fingerprint density at radius 3 is 2.62 bits per heavy atom. The quantitative estimate of drug-likeness (QED) is 0.917. The molecule has 0 amide bonds. The SMILES string of the molecule is Cl.Cl.c1cncc(CN2CCC(OC3CCNC3)CC2)c1. The van der Waals surface area contributed by atoms with Crippen LogP contribution in [0.5, 0.6) is 0 Å². The van der Waals surface area contributed by atoms with Crippen LogP contribution in [0, 0.1) is 0 Å². The normalized spacial score (nSPS) is 23.3. The lowest BCUT2D eigenvalue weighted by atomic mass is 10.1. The fraction of sp³-hybridized carbons (Fsp3) is 0.667. The van der Waals surface area contributed by atoms with Gasteiger partial charge in [0.1, 0.15) is 0 Å². The molecule has 4 nitrogen and oxygen atoms in total. The highest BCUT2D eigenvalue weighted by atomic mass is 35.5. The van der Waals surface area contributed by atoms with E-state index >= 15 is 0 Å². The van der Waals surface area contributed by atoms with Gasteiger partial charge < -0.3 is 10.1 Å². The number of hydrogen-bond donors (Lipinski definition) is 1. The summed E-state index contributed by atoms with van der Waals surface area (Å²) < 4.78 is 6.15. The van der Waals surface area contributed by atoms with Crippen molar-refractivity contribution >= 4 is 24.8 Å². The van der Waals surface area contributed by atoms with Gasteiger partial charge in [-0.15, -0.1) is 24.8 Å². The summed E-state index contributed by atoms with van der Waals surface area (Å²) in [5, 5.41) is 3.36. The van der Waals surface area contributed by atoms with Gasteiger partial charge in [0.25, 0.3) is 0 Å². The van der Waals surface area contributed by atoms with Crippen LogP contribution in [0.25, 0.3) is 0 Å². The monoisotopic (exact) mass is 333 g/mol. The molecule has 2 aliphatic heterocycles. The van der Waals surface area contributed by atoms with Crippen LogP contribution >= 0.6 is 24.8 Å². The average Bonchev–Trinajstić information content (AvgIpc) is 2.95. The minimum Gasteiger partial charge on any atom is -0.374 e. The Balaban J connectivity index is 0.00000110. The molecule has 2 aliphatic rings. The van der Waals surface area contributed by atoms with Crippen molar-refractivity contribution in [3.05, 3.63) is 30.1 Å². The van der Waals surface area contributed by atoms with Crippen LogP contribution in [0.3, 0.4) is 0 Å². The van der Waals surface area contributed by atoms with E-state index in [1.165, 1.54) is 12.0 Å². The van der Waals surface area contributed by atoms with E-state index in [1.807, 2.05) is 18.5 Å². The highest BCUT2D eigenvalue weighted by Crippen LogP contribution is 2.19. The Kier molecular flexibility index (Phi) is 8.52. The number of aromatic nitrogens is 1. The molecule has 0 aromatic carbocycles. The third-order valence-electron chi connectivity index (χ3n) is 4.06. The third kappa shape index (κ3) is 5.72. The average molecular weight is 334 g/mol. The standard InChI is InChI=1S/C15H23N3O.2ClH/c1-2-13(10-16-6-1)12-18-8-4-14(5-9-18)19-15-3-7-17-11-15;;/h1-2,6,10,14-15,17H,3-5,7-9,11-12H2;2*1H. The van der Waals surface area contributed by atoms with Gasteiger partial charge in [-0.3, -0.25) is 9.88 Å². The smallest absolute Gasteiger partial charge is 0.0715 e. The second-order valence-electron chi connectivity index (χ2n) is 5.59. The van der Waals surface area contributed by atoms with Crippen molar-refractivity contribution in [2.75, 3.05) is 26.2 Å². The van der Waals surface area contributed by atoms with E-state index in [1.54, 1.807) is 0 Å². The molecule has 1 aromatic heterocycles. The molecule has 1 atom stereocenters. The molecule has 1 unspecified atom stereocenters. The van der Waals surface area contributed by atoms with E-state index in [-0.39, 0.29) is 24.8 Å². The van der Waals surface area contributed by atoms with Crippen LogP contribution in [0.2, 0.25) is 0 Å². The lowest BCUT2D eigenvalue weighted by Crippen LogP contribution is -2.38. The van der Waals surface area contributed by atoms with Gasteiger partial charge >= 0.3 is 0 Å². The molecule has 0 bridgehead atoms. The zero-order valence-electron chi connectivity index (χ0n) is 12.2. The van der Waals surface area contributed by atoms with Crippen LogP contribution in [0.15, 0.2) is 24.5 Å². The Hall–Kier alpha value is -0.390. The maximum absolute atomic E-state index is 6.15. The van der Waals surface area contributed by atoms with E-state index in [4.69, 9.17) is 4.74 Å². The predicted octanol–water partition coefficient (Wildman–Crippen LogP) is 2.27. The molecular weight excluding hydrogens is 309 g/mol. The lowest BCUT2D eigenvalue weighted by Gasteiger charge is -2.33. The largest absolute Gasteiger partial charge is 0.374 e. The Bertz CT molecular complexity index is 380. The summed E-state index contributed by atoms with van der Waals surface area (Å²) in [7, 11) is 0. The summed E-state index contributed by atoms with van der Waals surface area (Å²) in [6.07, 6.45) is 8.22. The van der Waals surface area contributed by atoms with E-state index in [0.717, 1.165) is 45.6 Å². The first-order valence-electron chi connectivity index (χ1n) is 7.37. The summed E-state index contributed by atoms with van der Waals surface area (Å²) >= 11 is 0. The summed E-state index contributed by atoms with van der Waals surface area (Å²) in [4.78, 5) is 6.68. The molecule has 1 N–H and O–H groups in total. The van der Waals surface area contributed by atoms with Crippen molar-refractivity contribution in [1.82, 2.24) is 15.2 Å². The highest BCUT2D eigenvalue weighted by Gasteiger charge is 2.24. The summed E-state index contributed by atoms with van der Waals surface area (Å²) in [5.41, 5.74) is 1.31. The molecule has 2 saturated heterocycles. The van der Waals surface area contributed by atoms with Gasteiger partial charge in [-0.05, 0) is 37.4 Å². The van der Waals surface area contributed by atoms with Gasteiger partial charge in [0, 0.05) is 38.6 Å². The fourth-order valence-electron chi connectivity index (χ4n) is 2.97. The van der Waals surface area contributed by atoms with E-state index in [2.05, 4.69) is 21.3 Å². The molecular formula is C15H25Cl2N3O. The lowest BCUT2D eigenvalue weighted by molar-refractivity contribution is -0.0346. The number of likely N-dealkylation sites (tertiary alicyclic amines) is 1. The van der Waals surface area contributed by atoms with Gasteiger partial charge in [0.05, 0.1) is 12.2 Å². The van der Waals surface area contributed by atoms with Crippen molar-refractivity contribution in [2.45, 2.75) is 38.0 Å². The zero-order valence-corrected chi connectivity index (χ0v) is 13.9. The van der Waals surface area contributed by atoms with Gasteiger partial charge in [-0.25, -0.2) is 0 Å². The van der Waals surface area contributed by atoms with Gasteiger partial charge in [0.15, 0.2) is 0 Å². The Morgan fingerprint density at radius 1 is 1.19 bits per heavy atom. The van der Waals surface area contributed by atoms with Crippen LogP contribution < -0.4 is 5.32 Å². The number of hydrogen-bond acceptors (Lipinski definition) is 4. The van der Waals surface area contributed by atoms with E-state index in [0.29, 0.717) is 12.2 Å². The predicted molar refractivity (Wildman–Crippen MR) is 89.4 cm³/mol. The number of nitrogens with one attached hydrogen (secondary N) is 1. The minimum absolute atomic E-state index is 0. The highest BCUT2D eigenvalue weighted by molar-refractivity contribution is 5.85. The number of piperidine rings is 1. The van der Waals surface area contributed by atoms with Crippen molar-refractivity contribution in [3.8, 4) is 0 Å². The first-order chi connectivity index (χ1) is 9.40. The maximum atomic E-state index is 6.15. The summed E-state index contributed by atoms with van der Waals surface area (Å²) in [6.45, 7) is 5.45. The van der Waals surface area contributed by atoms with Crippen LogP contribution in [0.1, 0.15) is 24.8 Å². The Labute approximate surface area is 139 Å². The fourth-order valence-corrected chi connectivity index (χ4v) is 2.97. The van der Waals surface area contributed by atoms with Crippen molar-refractivity contribution in [2.24, 2.45) is 0 Å². The number of ether oxygens (including phenoxy) is 1. The Morgan fingerprint density at radius 2 is 2.00 bits per heavy atom. The second kappa shape index (κ2) is 9.59. The number of rotatable bonds is 4.